The van der Waals surface area contributed by atoms with Gasteiger partial charge in [0.15, 0.2) is 11.5 Å². The Balaban J connectivity index is 1.27. The van der Waals surface area contributed by atoms with E-state index >= 15 is 0 Å². The molecule has 0 aromatic carbocycles. The molecule has 252 valence electrons. The maximum Gasteiger partial charge on any atom is 0.504 e. The molecule has 0 radical (unpaired) electrons. The van der Waals surface area contributed by atoms with Crippen molar-refractivity contribution >= 4 is 28.9 Å². The molecule has 14 nitrogen and oxygen atoms in total. The van der Waals surface area contributed by atoms with E-state index in [4.69, 9.17) is 9.72 Å². The van der Waals surface area contributed by atoms with Gasteiger partial charge in [0.05, 0.1) is 30.8 Å². The lowest BCUT2D eigenvalue weighted by Crippen LogP contribution is -2.46. The molecule has 1 fully saturated rings. The lowest BCUT2D eigenvalue weighted by Gasteiger charge is -2.39. The molecule has 1 saturated heterocycles. The average Bonchev–Trinajstić information content (AvgIpc) is 3.74. The van der Waals surface area contributed by atoms with Crippen molar-refractivity contribution in [1.29, 1.82) is 0 Å². The second kappa shape index (κ2) is 11.6. The third kappa shape index (κ3) is 5.21. The maximum atomic E-state index is 14.3. The second-order valence-corrected chi connectivity index (χ2v) is 12.5. The summed E-state index contributed by atoms with van der Waals surface area (Å²) in [5.41, 5.74) is 0.456. The van der Waals surface area contributed by atoms with Gasteiger partial charge in [-0.15, -0.1) is 18.3 Å². The summed E-state index contributed by atoms with van der Waals surface area (Å²) in [4.78, 5) is 51.4. The molecular weight excluding hydrogens is 635 g/mol. The van der Waals surface area contributed by atoms with Gasteiger partial charge in [0.1, 0.15) is 12.3 Å². The Bertz CT molecular complexity index is 2040. The number of amides is 2. The van der Waals surface area contributed by atoms with E-state index in [9.17, 15) is 32.7 Å². The van der Waals surface area contributed by atoms with Gasteiger partial charge in [-0.1, -0.05) is 13.0 Å². The third-order valence-electron chi connectivity index (χ3n) is 9.55. The number of likely N-dealkylation sites (tertiary alicyclic amines) is 1. The largest absolute Gasteiger partial charge is 0.505 e. The van der Waals surface area contributed by atoms with Gasteiger partial charge in [-0.2, -0.15) is 19.3 Å². The van der Waals surface area contributed by atoms with Crippen molar-refractivity contribution in [3.8, 4) is 5.75 Å². The van der Waals surface area contributed by atoms with E-state index in [1.54, 1.807) is 9.47 Å². The smallest absolute Gasteiger partial charge is 0.504 e. The van der Waals surface area contributed by atoms with Crippen molar-refractivity contribution in [2.45, 2.75) is 63.7 Å². The molecule has 1 atom stereocenters. The summed E-state index contributed by atoms with van der Waals surface area (Å²) in [6, 6.07) is 2.93. The third-order valence-corrected chi connectivity index (χ3v) is 9.55. The van der Waals surface area contributed by atoms with Gasteiger partial charge >= 0.3 is 6.30 Å². The van der Waals surface area contributed by atoms with Crippen LogP contribution in [0.2, 0.25) is 0 Å². The van der Waals surface area contributed by atoms with Crippen LogP contribution < -0.4 is 10.9 Å². The highest BCUT2D eigenvalue weighted by atomic mass is 19.4. The molecule has 7 rings (SSSR count). The number of aromatic hydroxyl groups is 1. The Kier molecular flexibility index (Phi) is 7.60. The number of carbonyl (C=O) groups is 2. The molecule has 17 heteroatoms. The van der Waals surface area contributed by atoms with E-state index in [2.05, 4.69) is 20.5 Å². The summed E-state index contributed by atoms with van der Waals surface area (Å²) < 4.78 is 48.2. The zero-order valence-electron chi connectivity index (χ0n) is 26.1. The van der Waals surface area contributed by atoms with Crippen LogP contribution in [0.25, 0.3) is 11.4 Å². The van der Waals surface area contributed by atoms with Crippen molar-refractivity contribution in [1.82, 2.24) is 38.8 Å². The average molecular weight is 668 g/mol. The highest BCUT2D eigenvalue weighted by Crippen LogP contribution is 2.50. The zero-order valence-corrected chi connectivity index (χ0v) is 26.1. The highest BCUT2D eigenvalue weighted by Gasteiger charge is 2.49. The summed E-state index contributed by atoms with van der Waals surface area (Å²) in [7, 11) is 0. The Hall–Kier alpha value is -5.06. The molecule has 1 unspecified atom stereocenters. The monoisotopic (exact) mass is 667 g/mol. The fourth-order valence-electron chi connectivity index (χ4n) is 7.32. The van der Waals surface area contributed by atoms with Gasteiger partial charge in [0, 0.05) is 36.0 Å². The predicted octanol–water partition coefficient (Wildman–Crippen LogP) is 3.10. The van der Waals surface area contributed by atoms with E-state index < -0.39 is 23.5 Å². The van der Waals surface area contributed by atoms with Crippen molar-refractivity contribution in [2.75, 3.05) is 31.6 Å². The molecule has 2 amide bonds. The normalized spacial score (nSPS) is 19.1. The van der Waals surface area contributed by atoms with E-state index in [0.717, 1.165) is 11.8 Å². The number of aromatic nitrogens is 7. The number of anilines is 1. The SMILES string of the molecule is Cc1c(NC(=O)Cn2c3c(c(=O)n4nc(C5=CCOCC5)nc24)C2(CCN(C(=O)c4ncccc4O)CC2)CC3C)cnn1C(F)(F)F. The summed E-state index contributed by atoms with van der Waals surface area (Å²) in [5.74, 6) is -0.993. The molecule has 1 spiro atoms. The first-order valence-electron chi connectivity index (χ1n) is 15.5. The number of piperidine rings is 1. The van der Waals surface area contributed by atoms with Crippen LogP contribution in [-0.4, -0.2) is 82.1 Å². The van der Waals surface area contributed by atoms with Gasteiger partial charge in [-0.05, 0) is 56.2 Å². The maximum absolute atomic E-state index is 14.3. The first-order chi connectivity index (χ1) is 22.9. The standard InChI is InChI=1S/C31H32F3N9O5/c1-17-14-30(7-10-40(11-8-30)28(47)24-21(44)4-3-9-35-24)23-25(17)41(16-22(45)37-20-15-36-43(18(20)2)31(32,33)34)29-38-26(39-42(29)27(23)46)19-5-12-48-13-6-19/h3-5,9,15,17,44H,6-8,10-14,16H2,1-2H3,(H,37,45). The minimum absolute atomic E-state index is 0.0442. The van der Waals surface area contributed by atoms with E-state index in [0.29, 0.717) is 69.1 Å². The summed E-state index contributed by atoms with van der Waals surface area (Å²) >= 11 is 0. The molecule has 48 heavy (non-hydrogen) atoms. The Morgan fingerprint density at radius 3 is 2.67 bits per heavy atom. The lowest BCUT2D eigenvalue weighted by atomic mass is 9.73. The first-order valence-corrected chi connectivity index (χ1v) is 15.5. The lowest BCUT2D eigenvalue weighted by molar-refractivity contribution is -0.213. The molecule has 4 aromatic heterocycles. The van der Waals surface area contributed by atoms with Crippen molar-refractivity contribution in [3.05, 3.63) is 69.4 Å². The molecule has 1 aliphatic carbocycles. The van der Waals surface area contributed by atoms with Crippen LogP contribution in [0.5, 0.6) is 5.75 Å². The van der Waals surface area contributed by atoms with Crippen LogP contribution in [0.1, 0.15) is 71.8 Å². The van der Waals surface area contributed by atoms with Crippen LogP contribution in [0.15, 0.2) is 35.4 Å². The number of fused-ring (bicyclic) bond motifs is 3. The molecule has 0 saturated carbocycles. The summed E-state index contributed by atoms with van der Waals surface area (Å²) in [5, 5.41) is 20.7. The summed E-state index contributed by atoms with van der Waals surface area (Å²) in [6.07, 6.45) is 1.44. The van der Waals surface area contributed by atoms with Gasteiger partial charge < -0.3 is 24.6 Å². The summed E-state index contributed by atoms with van der Waals surface area (Å²) in [6.45, 7) is 4.24. The highest BCUT2D eigenvalue weighted by molar-refractivity contribution is 5.95. The van der Waals surface area contributed by atoms with Crippen LogP contribution in [0.3, 0.4) is 0 Å². The fraction of sp³-hybridized carbons (Fsp3) is 0.452. The molecule has 0 bridgehead atoms. The minimum atomic E-state index is -4.75. The molecule has 6 heterocycles. The number of carbonyl (C=O) groups excluding carboxylic acids is 2. The van der Waals surface area contributed by atoms with Crippen LogP contribution in [-0.2, 0) is 27.8 Å². The Morgan fingerprint density at radius 1 is 1.23 bits per heavy atom. The van der Waals surface area contributed by atoms with Gasteiger partial charge in [0.25, 0.3) is 11.5 Å². The van der Waals surface area contributed by atoms with Gasteiger partial charge in [-0.25, -0.2) is 4.98 Å². The number of pyridine rings is 1. The number of nitrogens with zero attached hydrogens (tertiary/aromatic N) is 8. The number of hydrogen-bond donors (Lipinski definition) is 2. The van der Waals surface area contributed by atoms with E-state index in [1.165, 1.54) is 29.8 Å². The number of alkyl halides is 3. The van der Waals surface area contributed by atoms with Crippen LogP contribution in [0.4, 0.5) is 18.9 Å². The minimum Gasteiger partial charge on any atom is -0.505 e. The van der Waals surface area contributed by atoms with Gasteiger partial charge in [0.2, 0.25) is 11.7 Å². The first kappa shape index (κ1) is 31.5. The Labute approximate surface area is 270 Å². The Morgan fingerprint density at radius 2 is 2.00 bits per heavy atom. The molecule has 2 aliphatic heterocycles. The van der Waals surface area contributed by atoms with Crippen molar-refractivity contribution in [2.24, 2.45) is 0 Å². The van der Waals surface area contributed by atoms with E-state index in [1.807, 2.05) is 13.0 Å². The van der Waals surface area contributed by atoms with Gasteiger partial charge in [-0.3, -0.25) is 14.4 Å². The second-order valence-electron chi connectivity index (χ2n) is 12.5. The number of ether oxygens (including phenoxy) is 1. The molecular formula is C31H32F3N9O5. The molecule has 2 N–H and O–H groups in total. The molecule has 3 aliphatic rings. The van der Waals surface area contributed by atoms with E-state index in [-0.39, 0.29) is 51.3 Å². The quantitative estimate of drug-likeness (QED) is 0.326. The number of halogens is 3. The number of hydrogen-bond acceptors (Lipinski definition) is 9. The predicted molar refractivity (Wildman–Crippen MR) is 163 cm³/mol. The zero-order chi connectivity index (χ0) is 34.0. The topological polar surface area (TPSA) is 162 Å². The van der Waals surface area contributed by atoms with Crippen LogP contribution >= 0.6 is 0 Å². The molecule has 4 aromatic rings. The van der Waals surface area contributed by atoms with Crippen molar-refractivity contribution in [3.63, 3.8) is 0 Å². The fourth-order valence-corrected chi connectivity index (χ4v) is 7.32. The number of nitrogens with one attached hydrogen (secondary N) is 1. The number of rotatable bonds is 5. The van der Waals surface area contributed by atoms with Crippen LogP contribution in [0, 0.1) is 6.92 Å². The van der Waals surface area contributed by atoms with Crippen molar-refractivity contribution < 1.29 is 32.6 Å².